The number of aryl methyl sites for hydroxylation is 1. The summed E-state index contributed by atoms with van der Waals surface area (Å²) in [6, 6.07) is 6.95. The van der Waals surface area contributed by atoms with Crippen molar-refractivity contribution in [3.05, 3.63) is 27.3 Å². The van der Waals surface area contributed by atoms with Crippen molar-refractivity contribution in [2.45, 2.75) is 32.7 Å². The highest BCUT2D eigenvalue weighted by molar-refractivity contribution is 14.1. The molecule has 1 aromatic carbocycles. The summed E-state index contributed by atoms with van der Waals surface area (Å²) in [7, 11) is 0. The van der Waals surface area contributed by atoms with Crippen LogP contribution in [0, 0.1) is 10.5 Å². The first-order valence-electron chi connectivity index (χ1n) is 5.93. The first-order valence-corrected chi connectivity index (χ1v) is 7.99. The fraction of sp³-hybridized carbons (Fsp3) is 0.462. The topological polar surface area (TPSA) is 24.4 Å². The molecule has 1 aromatic rings. The van der Waals surface area contributed by atoms with Gasteiger partial charge in [-0.1, -0.05) is 24.8 Å². The van der Waals surface area contributed by atoms with Crippen LogP contribution < -0.4 is 5.32 Å². The first kappa shape index (κ1) is 13.2. The fourth-order valence-electron chi connectivity index (χ4n) is 1.72. The lowest BCUT2D eigenvalue weighted by molar-refractivity contribution is 0.634. The van der Waals surface area contributed by atoms with E-state index in [0.717, 1.165) is 17.3 Å². The average Bonchev–Trinajstić information content (AvgIpc) is 2.34. The van der Waals surface area contributed by atoms with Crippen molar-refractivity contribution in [2.24, 2.45) is 4.99 Å². The Hall–Kier alpha value is -0.230. The highest BCUT2D eigenvalue weighted by Gasteiger charge is 2.14. The van der Waals surface area contributed by atoms with Gasteiger partial charge in [0, 0.05) is 15.0 Å². The normalized spacial score (nSPS) is 19.9. The lowest BCUT2D eigenvalue weighted by Crippen LogP contribution is -2.19. The van der Waals surface area contributed by atoms with Gasteiger partial charge in [-0.25, -0.2) is 0 Å². The van der Waals surface area contributed by atoms with E-state index in [1.165, 1.54) is 21.3 Å². The van der Waals surface area contributed by atoms with Gasteiger partial charge in [0.2, 0.25) is 0 Å². The van der Waals surface area contributed by atoms with Gasteiger partial charge in [-0.15, -0.1) is 0 Å². The highest BCUT2D eigenvalue weighted by atomic mass is 127. The number of halogens is 1. The highest BCUT2D eigenvalue weighted by Crippen LogP contribution is 2.23. The molecule has 0 aromatic heterocycles. The van der Waals surface area contributed by atoms with Crippen LogP contribution in [0.1, 0.15) is 25.3 Å². The molecule has 1 heterocycles. The molecule has 2 nitrogen and oxygen atoms in total. The zero-order valence-corrected chi connectivity index (χ0v) is 13.1. The Morgan fingerprint density at radius 1 is 1.53 bits per heavy atom. The van der Waals surface area contributed by atoms with Gasteiger partial charge in [-0.05, 0) is 60.1 Å². The number of nitrogens with zero attached hydrogens (tertiary/aromatic N) is 1. The van der Waals surface area contributed by atoms with E-state index in [1.807, 2.05) is 11.8 Å². The first-order chi connectivity index (χ1) is 8.19. The third-order valence-corrected chi connectivity index (χ3v) is 4.97. The number of amidine groups is 1. The van der Waals surface area contributed by atoms with E-state index in [-0.39, 0.29) is 0 Å². The van der Waals surface area contributed by atoms with Crippen LogP contribution in [0.2, 0.25) is 0 Å². The summed E-state index contributed by atoms with van der Waals surface area (Å²) in [5, 5.41) is 4.49. The minimum atomic E-state index is 0.503. The van der Waals surface area contributed by atoms with Gasteiger partial charge in [-0.2, -0.15) is 0 Å². The van der Waals surface area contributed by atoms with Crippen molar-refractivity contribution in [1.82, 2.24) is 0 Å². The predicted molar refractivity (Wildman–Crippen MR) is 86.1 cm³/mol. The molecule has 1 unspecified atom stereocenters. The molecule has 92 valence electrons. The Morgan fingerprint density at radius 3 is 3.06 bits per heavy atom. The zero-order valence-electron chi connectivity index (χ0n) is 10.2. The smallest absolute Gasteiger partial charge is 0.161 e. The molecule has 1 aliphatic heterocycles. The van der Waals surface area contributed by atoms with Crippen LogP contribution in [0.3, 0.4) is 0 Å². The maximum absolute atomic E-state index is 4.71. The number of hydrogen-bond donors (Lipinski definition) is 1. The van der Waals surface area contributed by atoms with Crippen molar-refractivity contribution in [3.63, 3.8) is 0 Å². The third kappa shape index (κ3) is 3.61. The summed E-state index contributed by atoms with van der Waals surface area (Å²) in [6.07, 6.45) is 2.34. The molecule has 2 rings (SSSR count). The number of nitrogens with one attached hydrogen (secondary N) is 1. The quantitative estimate of drug-likeness (QED) is 0.796. The molecule has 0 saturated heterocycles. The van der Waals surface area contributed by atoms with Crippen LogP contribution >= 0.6 is 34.4 Å². The molecule has 0 radical (unpaired) electrons. The number of aliphatic imine (C=N–C) groups is 1. The van der Waals surface area contributed by atoms with Gasteiger partial charge in [-0.3, -0.25) is 4.99 Å². The molecule has 0 saturated carbocycles. The van der Waals surface area contributed by atoms with E-state index in [9.17, 15) is 0 Å². The Kier molecular flexibility index (Phi) is 4.73. The SMILES string of the molecule is CCC1CCSC(Nc2ccc(C)c(I)c2)=N1. The standard InChI is InChI=1S/C13H17IN2S/c1-3-10-6-7-17-13(15-10)16-11-5-4-9(2)12(14)8-11/h4-5,8,10H,3,6-7H2,1-2H3,(H,15,16). The molecule has 17 heavy (non-hydrogen) atoms. The third-order valence-electron chi connectivity index (χ3n) is 2.88. The summed E-state index contributed by atoms with van der Waals surface area (Å²) in [4.78, 5) is 4.71. The average molecular weight is 360 g/mol. The van der Waals surface area contributed by atoms with E-state index in [1.54, 1.807) is 0 Å². The van der Waals surface area contributed by atoms with E-state index in [2.05, 4.69) is 60.0 Å². The maximum atomic E-state index is 4.71. The van der Waals surface area contributed by atoms with E-state index >= 15 is 0 Å². The zero-order chi connectivity index (χ0) is 12.3. The van der Waals surface area contributed by atoms with Gasteiger partial charge in [0.05, 0.1) is 6.04 Å². The van der Waals surface area contributed by atoms with Crippen LogP contribution in [0.5, 0.6) is 0 Å². The molecule has 1 atom stereocenters. The Labute approximate surface area is 121 Å². The molecule has 0 fully saturated rings. The summed E-state index contributed by atoms with van der Waals surface area (Å²) >= 11 is 4.19. The van der Waals surface area contributed by atoms with Crippen molar-refractivity contribution >= 4 is 45.2 Å². The number of anilines is 1. The van der Waals surface area contributed by atoms with Gasteiger partial charge in [0.1, 0.15) is 0 Å². The van der Waals surface area contributed by atoms with E-state index in [4.69, 9.17) is 4.99 Å². The minimum Gasteiger partial charge on any atom is -0.335 e. The van der Waals surface area contributed by atoms with Crippen LogP contribution in [0.4, 0.5) is 5.69 Å². The largest absolute Gasteiger partial charge is 0.335 e. The van der Waals surface area contributed by atoms with Crippen molar-refractivity contribution in [2.75, 3.05) is 11.1 Å². The fourth-order valence-corrected chi connectivity index (χ4v) is 3.23. The van der Waals surface area contributed by atoms with Crippen molar-refractivity contribution in [1.29, 1.82) is 0 Å². The van der Waals surface area contributed by atoms with Crippen LogP contribution in [-0.2, 0) is 0 Å². The number of hydrogen-bond acceptors (Lipinski definition) is 3. The molecule has 0 spiro atoms. The lowest BCUT2D eigenvalue weighted by atomic mass is 10.2. The van der Waals surface area contributed by atoms with E-state index < -0.39 is 0 Å². The summed E-state index contributed by atoms with van der Waals surface area (Å²) in [5.41, 5.74) is 2.46. The molecule has 4 heteroatoms. The molecule has 0 amide bonds. The molecule has 0 bridgehead atoms. The number of rotatable bonds is 2. The second-order valence-corrected chi connectivity index (χ2v) is 6.47. The van der Waals surface area contributed by atoms with E-state index in [0.29, 0.717) is 6.04 Å². The van der Waals surface area contributed by atoms with Crippen molar-refractivity contribution in [3.8, 4) is 0 Å². The maximum Gasteiger partial charge on any atom is 0.161 e. The monoisotopic (exact) mass is 360 g/mol. The predicted octanol–water partition coefficient (Wildman–Crippen LogP) is 4.28. The molecular formula is C13H17IN2S. The number of thioether (sulfide) groups is 1. The molecule has 0 aliphatic carbocycles. The van der Waals surface area contributed by atoms with Crippen molar-refractivity contribution < 1.29 is 0 Å². The summed E-state index contributed by atoms with van der Waals surface area (Å²) in [6.45, 7) is 4.34. The second kappa shape index (κ2) is 6.09. The summed E-state index contributed by atoms with van der Waals surface area (Å²) in [5.74, 6) is 1.17. The molecule has 1 N–H and O–H groups in total. The minimum absolute atomic E-state index is 0.503. The van der Waals surface area contributed by atoms with Crippen LogP contribution in [-0.4, -0.2) is 17.0 Å². The van der Waals surface area contributed by atoms with Gasteiger partial charge >= 0.3 is 0 Å². The van der Waals surface area contributed by atoms with Gasteiger partial charge in [0.15, 0.2) is 5.17 Å². The number of benzene rings is 1. The van der Waals surface area contributed by atoms with Gasteiger partial charge < -0.3 is 5.32 Å². The summed E-state index contributed by atoms with van der Waals surface area (Å²) < 4.78 is 1.29. The Morgan fingerprint density at radius 2 is 2.35 bits per heavy atom. The van der Waals surface area contributed by atoms with Crippen LogP contribution in [0.15, 0.2) is 23.2 Å². The molecule has 1 aliphatic rings. The Bertz CT molecular complexity index is 431. The second-order valence-electron chi connectivity index (χ2n) is 4.22. The Balaban J connectivity index is 2.09. The van der Waals surface area contributed by atoms with Gasteiger partial charge in [0.25, 0.3) is 0 Å². The van der Waals surface area contributed by atoms with Crippen LogP contribution in [0.25, 0.3) is 0 Å². The molecular weight excluding hydrogens is 343 g/mol. The lowest BCUT2D eigenvalue weighted by Gasteiger charge is -2.19.